The van der Waals surface area contributed by atoms with Gasteiger partial charge in [-0.15, -0.1) is 0 Å². The molecule has 1 aromatic rings. The van der Waals surface area contributed by atoms with Crippen molar-refractivity contribution in [3.05, 3.63) is 34.9 Å². The minimum atomic E-state index is 0.0477. The number of hydrogen-bond acceptors (Lipinski definition) is 2. The molecule has 1 saturated carbocycles. The van der Waals surface area contributed by atoms with Gasteiger partial charge in [0.1, 0.15) is 0 Å². The molecule has 1 aromatic carbocycles. The molecule has 0 aliphatic heterocycles. The molecule has 0 bridgehead atoms. The quantitative estimate of drug-likeness (QED) is 0.877. The van der Waals surface area contributed by atoms with E-state index in [1.165, 1.54) is 12.8 Å². The third-order valence-corrected chi connectivity index (χ3v) is 4.17. The molecule has 2 unspecified atom stereocenters. The van der Waals surface area contributed by atoms with Crippen molar-refractivity contribution in [1.82, 2.24) is 5.32 Å². The average Bonchev–Trinajstić information content (AvgIpc) is 2.42. The highest BCUT2D eigenvalue weighted by Gasteiger charge is 2.25. The molecule has 19 heavy (non-hydrogen) atoms. The Kier molecular flexibility index (Phi) is 4.59. The van der Waals surface area contributed by atoms with Crippen LogP contribution in [-0.4, -0.2) is 18.5 Å². The summed E-state index contributed by atoms with van der Waals surface area (Å²) >= 11 is 0. The predicted octanol–water partition coefficient (Wildman–Crippen LogP) is 2.55. The highest BCUT2D eigenvalue weighted by Crippen LogP contribution is 2.24. The Labute approximate surface area is 115 Å². The van der Waals surface area contributed by atoms with Crippen LogP contribution in [-0.2, 0) is 0 Å². The summed E-state index contributed by atoms with van der Waals surface area (Å²) in [7, 11) is 0. The summed E-state index contributed by atoms with van der Waals surface area (Å²) in [6, 6.07) is 6.25. The van der Waals surface area contributed by atoms with Crippen LogP contribution in [0, 0.1) is 19.8 Å². The van der Waals surface area contributed by atoms with E-state index >= 15 is 0 Å². The Morgan fingerprint density at radius 1 is 1.32 bits per heavy atom. The first kappa shape index (κ1) is 14.1. The van der Waals surface area contributed by atoms with Crippen LogP contribution in [0.2, 0.25) is 0 Å². The first-order valence-corrected chi connectivity index (χ1v) is 7.20. The van der Waals surface area contributed by atoms with Gasteiger partial charge in [0.05, 0.1) is 0 Å². The van der Waals surface area contributed by atoms with E-state index < -0.39 is 0 Å². The van der Waals surface area contributed by atoms with Crippen LogP contribution in [0.1, 0.15) is 47.2 Å². The van der Waals surface area contributed by atoms with E-state index in [0.717, 1.165) is 29.5 Å². The average molecular weight is 260 g/mol. The van der Waals surface area contributed by atoms with Crippen LogP contribution in [0.25, 0.3) is 0 Å². The summed E-state index contributed by atoms with van der Waals surface area (Å²) in [6.45, 7) is 4.66. The smallest absolute Gasteiger partial charge is 0.251 e. The molecule has 0 spiro atoms. The molecule has 0 radical (unpaired) electrons. The largest absolute Gasteiger partial charge is 0.349 e. The first-order chi connectivity index (χ1) is 9.11. The van der Waals surface area contributed by atoms with Crippen LogP contribution in [0.4, 0.5) is 0 Å². The number of benzene rings is 1. The van der Waals surface area contributed by atoms with Crippen molar-refractivity contribution in [2.75, 3.05) is 6.54 Å². The van der Waals surface area contributed by atoms with Crippen molar-refractivity contribution < 1.29 is 4.79 Å². The number of amides is 1. The van der Waals surface area contributed by atoms with E-state index in [2.05, 4.69) is 5.32 Å². The Morgan fingerprint density at radius 3 is 2.79 bits per heavy atom. The molecule has 3 nitrogen and oxygen atoms in total. The lowest BCUT2D eigenvalue weighted by atomic mass is 9.84. The van der Waals surface area contributed by atoms with Gasteiger partial charge in [-0.25, -0.2) is 0 Å². The number of aryl methyl sites for hydroxylation is 2. The zero-order valence-corrected chi connectivity index (χ0v) is 11.9. The molecule has 0 aromatic heterocycles. The SMILES string of the molecule is Cc1ccc(C)c(C(=O)NC2CCCCC2CN)c1. The van der Waals surface area contributed by atoms with E-state index in [9.17, 15) is 4.79 Å². The van der Waals surface area contributed by atoms with Gasteiger partial charge in [0.15, 0.2) is 0 Å². The maximum absolute atomic E-state index is 12.4. The zero-order chi connectivity index (χ0) is 13.8. The minimum Gasteiger partial charge on any atom is -0.349 e. The highest BCUT2D eigenvalue weighted by atomic mass is 16.1. The Morgan fingerprint density at radius 2 is 2.05 bits per heavy atom. The van der Waals surface area contributed by atoms with Crippen LogP contribution >= 0.6 is 0 Å². The summed E-state index contributed by atoms with van der Waals surface area (Å²) in [6.07, 6.45) is 4.61. The van der Waals surface area contributed by atoms with Crippen molar-refractivity contribution >= 4 is 5.91 Å². The van der Waals surface area contributed by atoms with Gasteiger partial charge in [-0.05, 0) is 50.8 Å². The fraction of sp³-hybridized carbons (Fsp3) is 0.562. The van der Waals surface area contributed by atoms with Crippen molar-refractivity contribution in [3.8, 4) is 0 Å². The third kappa shape index (κ3) is 3.35. The van der Waals surface area contributed by atoms with E-state index in [1.54, 1.807) is 0 Å². The second-order valence-corrected chi connectivity index (χ2v) is 5.68. The maximum atomic E-state index is 12.4. The molecule has 1 fully saturated rings. The number of nitrogens with one attached hydrogen (secondary N) is 1. The molecule has 2 atom stereocenters. The van der Waals surface area contributed by atoms with Crippen molar-refractivity contribution in [3.63, 3.8) is 0 Å². The molecule has 1 aliphatic rings. The number of nitrogens with two attached hydrogens (primary N) is 1. The molecule has 0 heterocycles. The summed E-state index contributed by atoms with van der Waals surface area (Å²) in [5.74, 6) is 0.481. The zero-order valence-electron chi connectivity index (χ0n) is 11.9. The number of hydrogen-bond donors (Lipinski definition) is 2. The van der Waals surface area contributed by atoms with Gasteiger partial charge in [0.2, 0.25) is 0 Å². The minimum absolute atomic E-state index is 0.0477. The van der Waals surface area contributed by atoms with Gasteiger partial charge >= 0.3 is 0 Å². The van der Waals surface area contributed by atoms with Gasteiger partial charge in [0, 0.05) is 11.6 Å². The van der Waals surface area contributed by atoms with Gasteiger partial charge in [-0.2, -0.15) is 0 Å². The van der Waals surface area contributed by atoms with Crippen molar-refractivity contribution in [2.45, 2.75) is 45.6 Å². The lowest BCUT2D eigenvalue weighted by molar-refractivity contribution is 0.0907. The highest BCUT2D eigenvalue weighted by molar-refractivity contribution is 5.96. The molecule has 2 rings (SSSR count). The van der Waals surface area contributed by atoms with Crippen LogP contribution < -0.4 is 11.1 Å². The molecule has 104 valence electrons. The van der Waals surface area contributed by atoms with Gasteiger partial charge in [0.25, 0.3) is 5.91 Å². The summed E-state index contributed by atoms with van der Waals surface area (Å²) in [5, 5.41) is 3.19. The molecule has 1 amide bonds. The van der Waals surface area contributed by atoms with Crippen LogP contribution in [0.15, 0.2) is 18.2 Å². The van der Waals surface area contributed by atoms with Crippen LogP contribution in [0.5, 0.6) is 0 Å². The monoisotopic (exact) mass is 260 g/mol. The first-order valence-electron chi connectivity index (χ1n) is 7.20. The Balaban J connectivity index is 2.09. The molecule has 3 heteroatoms. The number of rotatable bonds is 3. The summed E-state index contributed by atoms with van der Waals surface area (Å²) in [4.78, 5) is 12.4. The molecule has 3 N–H and O–H groups in total. The van der Waals surface area contributed by atoms with Crippen molar-refractivity contribution in [2.24, 2.45) is 11.7 Å². The molecule has 1 aliphatic carbocycles. The van der Waals surface area contributed by atoms with E-state index in [0.29, 0.717) is 12.5 Å². The van der Waals surface area contributed by atoms with Gasteiger partial charge < -0.3 is 11.1 Å². The predicted molar refractivity (Wildman–Crippen MR) is 78.2 cm³/mol. The maximum Gasteiger partial charge on any atom is 0.251 e. The lowest BCUT2D eigenvalue weighted by Crippen LogP contribution is -2.44. The Hall–Kier alpha value is -1.35. The summed E-state index contributed by atoms with van der Waals surface area (Å²) < 4.78 is 0. The number of carbonyl (C=O) groups is 1. The molecular weight excluding hydrogens is 236 g/mol. The standard InChI is InChI=1S/C16H24N2O/c1-11-7-8-12(2)14(9-11)16(19)18-15-6-4-3-5-13(15)10-17/h7-9,13,15H,3-6,10,17H2,1-2H3,(H,18,19). The molecule has 0 saturated heterocycles. The van der Waals surface area contributed by atoms with Gasteiger partial charge in [-0.1, -0.05) is 30.5 Å². The van der Waals surface area contributed by atoms with Gasteiger partial charge in [-0.3, -0.25) is 4.79 Å². The number of carbonyl (C=O) groups excluding carboxylic acids is 1. The second-order valence-electron chi connectivity index (χ2n) is 5.68. The third-order valence-electron chi connectivity index (χ3n) is 4.17. The normalized spacial score (nSPS) is 23.1. The Bertz CT molecular complexity index is 456. The van der Waals surface area contributed by atoms with E-state index in [1.807, 2.05) is 32.0 Å². The van der Waals surface area contributed by atoms with E-state index in [-0.39, 0.29) is 11.9 Å². The lowest BCUT2D eigenvalue weighted by Gasteiger charge is -2.31. The second kappa shape index (κ2) is 6.20. The van der Waals surface area contributed by atoms with Crippen molar-refractivity contribution in [1.29, 1.82) is 0 Å². The summed E-state index contributed by atoms with van der Waals surface area (Å²) in [5.41, 5.74) is 8.75. The topological polar surface area (TPSA) is 55.1 Å². The fourth-order valence-corrected chi connectivity index (χ4v) is 2.91. The van der Waals surface area contributed by atoms with E-state index in [4.69, 9.17) is 5.73 Å². The van der Waals surface area contributed by atoms with Crippen LogP contribution in [0.3, 0.4) is 0 Å². The fourth-order valence-electron chi connectivity index (χ4n) is 2.91. The molecular formula is C16H24N2O.